The number of hydrogen-bond acceptors (Lipinski definition) is 6. The lowest BCUT2D eigenvalue weighted by Crippen LogP contribution is -2.26. The highest BCUT2D eigenvalue weighted by molar-refractivity contribution is 5.97. The molecule has 0 saturated heterocycles. The van der Waals surface area contributed by atoms with E-state index in [-0.39, 0.29) is 25.5 Å². The largest absolute Gasteiger partial charge is 0.496 e. The maximum absolute atomic E-state index is 12.1. The second-order valence-electron chi connectivity index (χ2n) is 5.56. The molecule has 1 N–H and O–H groups in total. The van der Waals surface area contributed by atoms with Crippen molar-refractivity contribution in [2.75, 3.05) is 20.8 Å². The molecule has 7 heteroatoms. The van der Waals surface area contributed by atoms with Crippen LogP contribution in [0.25, 0.3) is 0 Å². The molecule has 142 valence electrons. The van der Waals surface area contributed by atoms with Crippen LogP contribution in [0.3, 0.4) is 0 Å². The summed E-state index contributed by atoms with van der Waals surface area (Å²) in [5, 5.41) is 2.66. The molecule has 1 amide bonds. The first kappa shape index (κ1) is 20.0. The molecule has 0 aliphatic carbocycles. The SMILES string of the molecule is COC(=O)c1ccc(COC(=O)CCNC(=O)c2ccccc2OC)cc1. The first-order valence-corrected chi connectivity index (χ1v) is 8.29. The third-order valence-electron chi connectivity index (χ3n) is 3.74. The Balaban J connectivity index is 1.75. The molecule has 0 saturated carbocycles. The number of rotatable bonds is 8. The van der Waals surface area contributed by atoms with E-state index in [2.05, 4.69) is 10.1 Å². The van der Waals surface area contributed by atoms with E-state index in [0.717, 1.165) is 5.56 Å². The molecule has 2 aromatic carbocycles. The summed E-state index contributed by atoms with van der Waals surface area (Å²) in [5.41, 5.74) is 1.57. The van der Waals surface area contributed by atoms with Crippen molar-refractivity contribution >= 4 is 17.8 Å². The van der Waals surface area contributed by atoms with Gasteiger partial charge in [0.25, 0.3) is 5.91 Å². The zero-order valence-electron chi connectivity index (χ0n) is 15.2. The van der Waals surface area contributed by atoms with Gasteiger partial charge >= 0.3 is 11.9 Å². The number of carbonyl (C=O) groups is 3. The smallest absolute Gasteiger partial charge is 0.337 e. The van der Waals surface area contributed by atoms with E-state index in [1.807, 2.05) is 0 Å². The third-order valence-corrected chi connectivity index (χ3v) is 3.74. The van der Waals surface area contributed by atoms with Gasteiger partial charge in [0.05, 0.1) is 31.8 Å². The minimum atomic E-state index is -0.438. The molecule has 0 atom stereocenters. The lowest BCUT2D eigenvalue weighted by molar-refractivity contribution is -0.144. The normalized spacial score (nSPS) is 10.0. The summed E-state index contributed by atoms with van der Waals surface area (Å²) < 4.78 is 14.9. The van der Waals surface area contributed by atoms with Crippen molar-refractivity contribution in [3.05, 3.63) is 65.2 Å². The maximum atomic E-state index is 12.1. The van der Waals surface area contributed by atoms with Gasteiger partial charge in [0.2, 0.25) is 0 Å². The average molecular weight is 371 g/mol. The van der Waals surface area contributed by atoms with Crippen molar-refractivity contribution in [2.24, 2.45) is 0 Å². The fraction of sp³-hybridized carbons (Fsp3) is 0.250. The van der Waals surface area contributed by atoms with Crippen LogP contribution < -0.4 is 10.1 Å². The monoisotopic (exact) mass is 371 g/mol. The van der Waals surface area contributed by atoms with Crippen molar-refractivity contribution in [2.45, 2.75) is 13.0 Å². The maximum Gasteiger partial charge on any atom is 0.337 e. The summed E-state index contributed by atoms with van der Waals surface area (Å²) in [6.07, 6.45) is 0.0428. The zero-order valence-corrected chi connectivity index (χ0v) is 15.2. The number of benzene rings is 2. The first-order chi connectivity index (χ1) is 13.0. The van der Waals surface area contributed by atoms with E-state index >= 15 is 0 Å². The molecule has 27 heavy (non-hydrogen) atoms. The zero-order chi connectivity index (χ0) is 19.6. The van der Waals surface area contributed by atoms with Crippen LogP contribution in [0.1, 0.15) is 32.7 Å². The predicted octanol–water partition coefficient (Wildman–Crippen LogP) is 2.35. The number of amides is 1. The Kier molecular flexibility index (Phi) is 7.37. The number of esters is 2. The molecule has 7 nitrogen and oxygen atoms in total. The van der Waals surface area contributed by atoms with Crippen LogP contribution in [0, 0.1) is 0 Å². The highest BCUT2D eigenvalue weighted by atomic mass is 16.5. The summed E-state index contributed by atoms with van der Waals surface area (Å²) in [4.78, 5) is 35.3. The summed E-state index contributed by atoms with van der Waals surface area (Å²) in [6.45, 7) is 0.234. The Morgan fingerprint density at radius 2 is 1.67 bits per heavy atom. The van der Waals surface area contributed by atoms with Crippen LogP contribution in [0.4, 0.5) is 0 Å². The molecule has 2 rings (SSSR count). The number of methoxy groups -OCH3 is 2. The van der Waals surface area contributed by atoms with E-state index in [1.54, 1.807) is 48.5 Å². The first-order valence-electron chi connectivity index (χ1n) is 8.29. The number of hydrogen-bond donors (Lipinski definition) is 1. The number of nitrogens with one attached hydrogen (secondary N) is 1. The fourth-order valence-electron chi connectivity index (χ4n) is 2.30. The van der Waals surface area contributed by atoms with Gasteiger partial charge in [-0.25, -0.2) is 4.79 Å². The van der Waals surface area contributed by atoms with Crippen molar-refractivity contribution in [1.82, 2.24) is 5.32 Å². The molecule has 0 bridgehead atoms. The van der Waals surface area contributed by atoms with Crippen LogP contribution in [-0.4, -0.2) is 38.6 Å². The molecule has 0 aliphatic rings. The highest BCUT2D eigenvalue weighted by Gasteiger charge is 2.12. The average Bonchev–Trinajstić information content (AvgIpc) is 2.71. The van der Waals surface area contributed by atoms with E-state index in [1.165, 1.54) is 14.2 Å². The Hall–Kier alpha value is -3.35. The molecule has 0 spiro atoms. The van der Waals surface area contributed by atoms with E-state index in [9.17, 15) is 14.4 Å². The number of ether oxygens (including phenoxy) is 3. The molecule has 0 aliphatic heterocycles. The molecule has 2 aromatic rings. The quantitative estimate of drug-likeness (QED) is 0.716. The topological polar surface area (TPSA) is 90.9 Å². The van der Waals surface area contributed by atoms with Crippen LogP contribution in [0.5, 0.6) is 5.75 Å². The Labute approximate surface area is 157 Å². The van der Waals surface area contributed by atoms with Gasteiger partial charge < -0.3 is 19.5 Å². The Morgan fingerprint density at radius 3 is 2.33 bits per heavy atom. The van der Waals surface area contributed by atoms with Crippen molar-refractivity contribution in [3.63, 3.8) is 0 Å². The molecule has 0 aromatic heterocycles. The minimum Gasteiger partial charge on any atom is -0.496 e. The molecular formula is C20H21NO6. The van der Waals surface area contributed by atoms with Gasteiger partial charge in [-0.2, -0.15) is 0 Å². The van der Waals surface area contributed by atoms with Gasteiger partial charge in [-0.05, 0) is 29.8 Å². The Bertz CT molecular complexity index is 800. The highest BCUT2D eigenvalue weighted by Crippen LogP contribution is 2.16. The van der Waals surface area contributed by atoms with Gasteiger partial charge in [-0.3, -0.25) is 9.59 Å². The second kappa shape index (κ2) is 9.96. The van der Waals surface area contributed by atoms with Crippen LogP contribution in [0.15, 0.2) is 48.5 Å². The predicted molar refractivity (Wildman–Crippen MR) is 97.5 cm³/mol. The summed E-state index contributed by atoms with van der Waals surface area (Å²) in [7, 11) is 2.80. The third kappa shape index (κ3) is 5.85. The lowest BCUT2D eigenvalue weighted by Gasteiger charge is -2.09. The van der Waals surface area contributed by atoms with Gasteiger partial charge in [-0.1, -0.05) is 24.3 Å². The molecule has 0 unspecified atom stereocenters. The van der Waals surface area contributed by atoms with Crippen molar-refractivity contribution in [1.29, 1.82) is 0 Å². The van der Waals surface area contributed by atoms with Gasteiger partial charge in [0.1, 0.15) is 12.4 Å². The molecular weight excluding hydrogens is 350 g/mol. The van der Waals surface area contributed by atoms with Gasteiger partial charge in [0, 0.05) is 6.54 Å². The van der Waals surface area contributed by atoms with Crippen molar-refractivity contribution < 1.29 is 28.6 Å². The number of para-hydroxylation sites is 1. The van der Waals surface area contributed by atoms with E-state index in [4.69, 9.17) is 9.47 Å². The van der Waals surface area contributed by atoms with E-state index < -0.39 is 11.9 Å². The van der Waals surface area contributed by atoms with E-state index in [0.29, 0.717) is 16.9 Å². The molecule has 0 heterocycles. The molecule has 0 fully saturated rings. The van der Waals surface area contributed by atoms with Crippen molar-refractivity contribution in [3.8, 4) is 5.75 Å². The van der Waals surface area contributed by atoms with Gasteiger partial charge in [-0.15, -0.1) is 0 Å². The lowest BCUT2D eigenvalue weighted by atomic mass is 10.1. The number of carbonyl (C=O) groups excluding carboxylic acids is 3. The summed E-state index contributed by atoms with van der Waals surface area (Å²) in [6, 6.07) is 13.4. The molecule has 0 radical (unpaired) electrons. The Morgan fingerprint density at radius 1 is 0.963 bits per heavy atom. The fourth-order valence-corrected chi connectivity index (χ4v) is 2.30. The van der Waals surface area contributed by atoms with Crippen LogP contribution in [0.2, 0.25) is 0 Å². The standard InChI is InChI=1S/C20H21NO6/c1-25-17-6-4-3-5-16(17)19(23)21-12-11-18(22)27-13-14-7-9-15(10-8-14)20(24)26-2/h3-10H,11-13H2,1-2H3,(H,21,23). The second-order valence-corrected chi connectivity index (χ2v) is 5.56. The minimum absolute atomic E-state index is 0.0428. The summed E-state index contributed by atoms with van der Waals surface area (Å²) in [5.74, 6) is -0.719. The van der Waals surface area contributed by atoms with Gasteiger partial charge in [0.15, 0.2) is 0 Å². The van der Waals surface area contributed by atoms with Crippen LogP contribution >= 0.6 is 0 Å². The van der Waals surface area contributed by atoms with Crippen LogP contribution in [-0.2, 0) is 20.9 Å². The summed E-state index contributed by atoms with van der Waals surface area (Å²) >= 11 is 0.